The Morgan fingerprint density at radius 3 is 2.52 bits per heavy atom. The normalized spacial score (nSPS) is 25.9. The number of ketones is 1. The first-order valence-electron chi connectivity index (χ1n) is 7.54. The topological polar surface area (TPSA) is 26.3 Å². The maximum atomic E-state index is 14.2. The molecule has 0 saturated heterocycles. The molecule has 0 heterocycles. The fourth-order valence-corrected chi connectivity index (χ4v) is 3.03. The molecular formula is C17H22F2O2. The number of rotatable bonds is 4. The van der Waals surface area contributed by atoms with Crippen molar-refractivity contribution in [3.63, 3.8) is 0 Å². The van der Waals surface area contributed by atoms with Crippen LogP contribution in [0, 0.1) is 24.5 Å². The van der Waals surface area contributed by atoms with Gasteiger partial charge >= 0.3 is 0 Å². The van der Waals surface area contributed by atoms with E-state index in [2.05, 4.69) is 6.92 Å². The number of benzene rings is 1. The monoisotopic (exact) mass is 296 g/mol. The molecule has 0 bridgehead atoms. The molecule has 21 heavy (non-hydrogen) atoms. The molecule has 2 rings (SSSR count). The third kappa shape index (κ3) is 3.00. The zero-order valence-electron chi connectivity index (χ0n) is 12.8. The summed E-state index contributed by atoms with van der Waals surface area (Å²) < 4.78 is 33.9. The van der Waals surface area contributed by atoms with Crippen molar-refractivity contribution in [3.05, 3.63) is 34.9 Å². The Morgan fingerprint density at radius 2 is 1.95 bits per heavy atom. The van der Waals surface area contributed by atoms with E-state index < -0.39 is 28.6 Å². The van der Waals surface area contributed by atoms with E-state index >= 15 is 0 Å². The molecule has 2 nitrogen and oxygen atoms in total. The number of hydrogen-bond donors (Lipinski definition) is 0. The zero-order chi connectivity index (χ0) is 15.6. The Hall–Kier alpha value is -1.29. The highest BCUT2D eigenvalue weighted by Gasteiger charge is 2.44. The standard InChI is InChI=1S/C17H22F2O2/c1-4-21-17(9-7-11(2)8-10-17)16(20)14-13(18)6-5-12(3)15(14)19/h5-6,11H,4,7-10H2,1-3H3. The molecule has 0 aliphatic heterocycles. The first-order valence-corrected chi connectivity index (χ1v) is 7.54. The third-order valence-electron chi connectivity index (χ3n) is 4.43. The highest BCUT2D eigenvalue weighted by molar-refractivity contribution is 6.03. The van der Waals surface area contributed by atoms with Crippen molar-refractivity contribution >= 4 is 5.78 Å². The summed E-state index contributed by atoms with van der Waals surface area (Å²) in [4.78, 5) is 12.8. The van der Waals surface area contributed by atoms with Crippen LogP contribution in [0.5, 0.6) is 0 Å². The van der Waals surface area contributed by atoms with E-state index in [1.165, 1.54) is 13.0 Å². The molecule has 0 spiro atoms. The minimum Gasteiger partial charge on any atom is -0.367 e. The van der Waals surface area contributed by atoms with Crippen LogP contribution in [-0.4, -0.2) is 18.0 Å². The van der Waals surface area contributed by atoms with Crippen LogP contribution in [0.15, 0.2) is 12.1 Å². The SMILES string of the molecule is CCOC1(C(=O)c2c(F)ccc(C)c2F)CCC(C)CC1. The third-order valence-corrected chi connectivity index (χ3v) is 4.43. The number of hydrogen-bond acceptors (Lipinski definition) is 2. The van der Waals surface area contributed by atoms with Gasteiger partial charge in [-0.3, -0.25) is 4.79 Å². The Kier molecular flexibility index (Phi) is 4.77. The van der Waals surface area contributed by atoms with Gasteiger partial charge in [-0.15, -0.1) is 0 Å². The second-order valence-electron chi connectivity index (χ2n) is 5.99. The summed E-state index contributed by atoms with van der Waals surface area (Å²) in [6.45, 7) is 5.81. The fraction of sp³-hybridized carbons (Fsp3) is 0.588. The molecular weight excluding hydrogens is 274 g/mol. The van der Waals surface area contributed by atoms with Gasteiger partial charge in [0, 0.05) is 6.61 Å². The van der Waals surface area contributed by atoms with E-state index in [-0.39, 0.29) is 5.56 Å². The summed E-state index contributed by atoms with van der Waals surface area (Å²) in [6.07, 6.45) is 2.71. The van der Waals surface area contributed by atoms with Crippen molar-refractivity contribution in [2.24, 2.45) is 5.92 Å². The van der Waals surface area contributed by atoms with Crippen LogP contribution in [0.1, 0.15) is 55.5 Å². The number of carbonyl (C=O) groups is 1. The van der Waals surface area contributed by atoms with E-state index in [9.17, 15) is 13.6 Å². The maximum absolute atomic E-state index is 14.2. The smallest absolute Gasteiger partial charge is 0.200 e. The van der Waals surface area contributed by atoms with Crippen LogP contribution < -0.4 is 0 Å². The van der Waals surface area contributed by atoms with Gasteiger partial charge in [0.2, 0.25) is 5.78 Å². The minimum atomic E-state index is -1.07. The first-order chi connectivity index (χ1) is 9.91. The highest BCUT2D eigenvalue weighted by atomic mass is 19.1. The predicted octanol–water partition coefficient (Wildman–Crippen LogP) is 4.44. The minimum absolute atomic E-state index is 0.274. The quantitative estimate of drug-likeness (QED) is 0.768. The number of halogens is 2. The van der Waals surface area contributed by atoms with Gasteiger partial charge in [0.25, 0.3) is 0 Å². The average Bonchev–Trinajstić information content (AvgIpc) is 2.46. The van der Waals surface area contributed by atoms with Crippen molar-refractivity contribution < 1.29 is 18.3 Å². The van der Waals surface area contributed by atoms with E-state index in [4.69, 9.17) is 4.74 Å². The molecule has 1 saturated carbocycles. The molecule has 1 aliphatic rings. The van der Waals surface area contributed by atoms with Crippen molar-refractivity contribution in [2.75, 3.05) is 6.61 Å². The summed E-state index contributed by atoms with van der Waals surface area (Å²) in [6, 6.07) is 2.49. The first kappa shape index (κ1) is 16.1. The van der Waals surface area contributed by atoms with Gasteiger partial charge in [0.1, 0.15) is 17.2 Å². The Balaban J connectivity index is 2.42. The zero-order valence-corrected chi connectivity index (χ0v) is 12.8. The summed E-state index contributed by atoms with van der Waals surface area (Å²) in [5.74, 6) is -1.60. The van der Waals surface area contributed by atoms with Crippen LogP contribution in [-0.2, 0) is 4.74 Å². The van der Waals surface area contributed by atoms with Gasteiger partial charge in [-0.25, -0.2) is 8.78 Å². The van der Waals surface area contributed by atoms with Crippen LogP contribution in [0.4, 0.5) is 8.78 Å². The number of carbonyl (C=O) groups excluding carboxylic acids is 1. The summed E-state index contributed by atoms with van der Waals surface area (Å²) in [7, 11) is 0. The molecule has 0 radical (unpaired) electrons. The van der Waals surface area contributed by atoms with Gasteiger partial charge in [0.15, 0.2) is 0 Å². The maximum Gasteiger partial charge on any atom is 0.200 e. The number of ether oxygens (including phenoxy) is 1. The molecule has 1 aliphatic carbocycles. The van der Waals surface area contributed by atoms with Gasteiger partial charge in [-0.05, 0) is 57.1 Å². The highest BCUT2D eigenvalue weighted by Crippen LogP contribution is 2.38. The van der Waals surface area contributed by atoms with E-state index in [0.717, 1.165) is 18.9 Å². The Bertz CT molecular complexity index is 532. The molecule has 1 fully saturated rings. The molecule has 1 aromatic rings. The van der Waals surface area contributed by atoms with Crippen molar-refractivity contribution in [1.82, 2.24) is 0 Å². The van der Waals surface area contributed by atoms with Gasteiger partial charge in [-0.1, -0.05) is 13.0 Å². The molecule has 0 amide bonds. The van der Waals surface area contributed by atoms with Crippen LogP contribution in [0.3, 0.4) is 0 Å². The lowest BCUT2D eigenvalue weighted by Gasteiger charge is -2.38. The van der Waals surface area contributed by atoms with Crippen LogP contribution in [0.25, 0.3) is 0 Å². The van der Waals surface area contributed by atoms with Gasteiger partial charge in [0.05, 0.1) is 5.56 Å². The summed E-state index contributed by atoms with van der Waals surface area (Å²) in [5, 5.41) is 0. The molecule has 0 atom stereocenters. The molecule has 0 aromatic heterocycles. The Morgan fingerprint density at radius 1 is 1.33 bits per heavy atom. The lowest BCUT2D eigenvalue weighted by atomic mass is 9.75. The molecule has 116 valence electrons. The van der Waals surface area contributed by atoms with Gasteiger partial charge < -0.3 is 4.74 Å². The van der Waals surface area contributed by atoms with Crippen LogP contribution in [0.2, 0.25) is 0 Å². The van der Waals surface area contributed by atoms with Crippen molar-refractivity contribution in [1.29, 1.82) is 0 Å². The van der Waals surface area contributed by atoms with E-state index in [1.807, 2.05) is 0 Å². The molecule has 0 N–H and O–H groups in total. The van der Waals surface area contributed by atoms with E-state index in [1.54, 1.807) is 6.92 Å². The summed E-state index contributed by atoms with van der Waals surface area (Å²) in [5.41, 5.74) is -1.25. The lowest BCUT2D eigenvalue weighted by molar-refractivity contribution is -0.0478. The second kappa shape index (κ2) is 6.22. The van der Waals surface area contributed by atoms with Gasteiger partial charge in [-0.2, -0.15) is 0 Å². The van der Waals surface area contributed by atoms with Crippen molar-refractivity contribution in [3.8, 4) is 0 Å². The number of aryl methyl sites for hydroxylation is 1. The molecule has 0 unspecified atom stereocenters. The predicted molar refractivity (Wildman–Crippen MR) is 77.4 cm³/mol. The van der Waals surface area contributed by atoms with Crippen LogP contribution >= 0.6 is 0 Å². The lowest BCUT2D eigenvalue weighted by Crippen LogP contribution is -2.45. The molecule has 1 aromatic carbocycles. The molecule has 4 heteroatoms. The second-order valence-corrected chi connectivity index (χ2v) is 5.99. The summed E-state index contributed by atoms with van der Waals surface area (Å²) >= 11 is 0. The fourth-order valence-electron chi connectivity index (χ4n) is 3.03. The van der Waals surface area contributed by atoms with Crippen molar-refractivity contribution in [2.45, 2.75) is 52.1 Å². The van der Waals surface area contributed by atoms with E-state index in [0.29, 0.717) is 25.4 Å². The largest absolute Gasteiger partial charge is 0.367 e. The Labute approximate surface area is 124 Å². The number of Topliss-reactive ketones (excluding diaryl/α,β-unsaturated/α-hetero) is 1. The average molecular weight is 296 g/mol.